The van der Waals surface area contributed by atoms with Crippen LogP contribution in [0.2, 0.25) is 0 Å². The molecule has 0 saturated heterocycles. The fourth-order valence-electron chi connectivity index (χ4n) is 2.18. The highest BCUT2D eigenvalue weighted by atomic mass is 32.1. The summed E-state index contributed by atoms with van der Waals surface area (Å²) in [7, 11) is 0. The lowest BCUT2D eigenvalue weighted by molar-refractivity contribution is 0.500. The molecular weight excluding hydrogens is 242 g/mol. The number of thiophene rings is 1. The number of rotatable bonds is 6. The van der Waals surface area contributed by atoms with E-state index < -0.39 is 0 Å². The second kappa shape index (κ2) is 6.16. The molecule has 18 heavy (non-hydrogen) atoms. The lowest BCUT2D eigenvalue weighted by atomic mass is 10.2. The second-order valence-electron chi connectivity index (χ2n) is 4.45. The minimum absolute atomic E-state index is 0.450. The summed E-state index contributed by atoms with van der Waals surface area (Å²) >= 11 is 1.82. The van der Waals surface area contributed by atoms with Crippen LogP contribution in [0.1, 0.15) is 42.6 Å². The van der Waals surface area contributed by atoms with Crippen molar-refractivity contribution in [3.05, 3.63) is 39.8 Å². The van der Waals surface area contributed by atoms with Crippen LogP contribution in [0.4, 0.5) is 0 Å². The Labute approximate surface area is 113 Å². The van der Waals surface area contributed by atoms with Gasteiger partial charge in [0.2, 0.25) is 0 Å². The first-order valence-electron chi connectivity index (χ1n) is 6.54. The van der Waals surface area contributed by atoms with Gasteiger partial charge >= 0.3 is 0 Å². The van der Waals surface area contributed by atoms with Gasteiger partial charge in [0.25, 0.3) is 0 Å². The predicted octanol–water partition coefficient (Wildman–Crippen LogP) is 3.51. The fourth-order valence-corrected chi connectivity index (χ4v) is 3.06. The lowest BCUT2D eigenvalue weighted by Gasteiger charge is -2.15. The zero-order valence-corrected chi connectivity index (χ0v) is 12.1. The molecule has 0 spiro atoms. The Morgan fingerprint density at radius 1 is 1.44 bits per heavy atom. The van der Waals surface area contributed by atoms with E-state index in [-0.39, 0.29) is 0 Å². The van der Waals surface area contributed by atoms with E-state index in [1.165, 1.54) is 10.6 Å². The normalized spacial score (nSPS) is 12.8. The van der Waals surface area contributed by atoms with Gasteiger partial charge in [-0.2, -0.15) is 5.10 Å². The third-order valence-corrected chi connectivity index (χ3v) is 4.10. The van der Waals surface area contributed by atoms with Crippen molar-refractivity contribution in [1.82, 2.24) is 15.1 Å². The number of nitrogens with one attached hydrogen (secondary N) is 1. The maximum Gasteiger partial charge on any atom is 0.0597 e. The molecule has 3 nitrogen and oxygen atoms in total. The molecule has 0 saturated carbocycles. The Hall–Kier alpha value is -1.13. The molecule has 2 aromatic rings. The summed E-state index contributed by atoms with van der Waals surface area (Å²) in [5.74, 6) is 0. The fraction of sp³-hybridized carbons (Fsp3) is 0.500. The molecule has 0 bridgehead atoms. The lowest BCUT2D eigenvalue weighted by Crippen LogP contribution is -2.21. The number of aryl methyl sites for hydroxylation is 2. The van der Waals surface area contributed by atoms with E-state index in [0.717, 1.165) is 25.2 Å². The van der Waals surface area contributed by atoms with E-state index in [1.807, 2.05) is 18.3 Å². The van der Waals surface area contributed by atoms with E-state index in [9.17, 15) is 0 Å². The molecule has 1 atom stereocenters. The highest BCUT2D eigenvalue weighted by Crippen LogP contribution is 2.22. The first-order chi connectivity index (χ1) is 8.74. The Morgan fingerprint density at radius 3 is 2.89 bits per heavy atom. The summed E-state index contributed by atoms with van der Waals surface area (Å²) in [4.78, 5) is 1.41. The molecule has 0 amide bonds. The highest BCUT2D eigenvalue weighted by Gasteiger charge is 2.11. The maximum atomic E-state index is 4.47. The third-order valence-electron chi connectivity index (χ3n) is 3.11. The van der Waals surface area contributed by atoms with E-state index in [1.54, 1.807) is 0 Å². The molecule has 2 heterocycles. The molecule has 1 N–H and O–H groups in total. The van der Waals surface area contributed by atoms with Gasteiger partial charge in [0.15, 0.2) is 0 Å². The van der Waals surface area contributed by atoms with Crippen molar-refractivity contribution < 1.29 is 0 Å². The van der Waals surface area contributed by atoms with Gasteiger partial charge in [0.05, 0.1) is 11.4 Å². The van der Waals surface area contributed by atoms with Crippen LogP contribution in [-0.2, 0) is 13.1 Å². The summed E-state index contributed by atoms with van der Waals surface area (Å²) in [5, 5.41) is 10.2. The van der Waals surface area contributed by atoms with Gasteiger partial charge in [-0.25, -0.2) is 0 Å². The van der Waals surface area contributed by atoms with Crippen LogP contribution in [-0.4, -0.2) is 9.78 Å². The van der Waals surface area contributed by atoms with Gasteiger partial charge < -0.3 is 5.32 Å². The van der Waals surface area contributed by atoms with Gasteiger partial charge in [-0.1, -0.05) is 13.0 Å². The number of nitrogens with zero attached hydrogens (tertiary/aromatic N) is 2. The zero-order valence-electron chi connectivity index (χ0n) is 11.3. The molecular formula is C14H21N3S. The average Bonchev–Trinajstić information content (AvgIpc) is 2.99. The molecule has 0 aliphatic carbocycles. The van der Waals surface area contributed by atoms with Crippen LogP contribution in [0.5, 0.6) is 0 Å². The largest absolute Gasteiger partial charge is 0.304 e. The third kappa shape index (κ3) is 3.00. The van der Waals surface area contributed by atoms with Crippen LogP contribution in [0.25, 0.3) is 0 Å². The summed E-state index contributed by atoms with van der Waals surface area (Å²) in [6.45, 7) is 8.21. The SMILES string of the molecule is CCC(NCc1cc(C)nn1CC)c1cccs1. The average molecular weight is 263 g/mol. The Morgan fingerprint density at radius 2 is 2.28 bits per heavy atom. The van der Waals surface area contributed by atoms with Crippen LogP contribution in [0, 0.1) is 6.92 Å². The minimum atomic E-state index is 0.450. The van der Waals surface area contributed by atoms with Crippen molar-refractivity contribution in [3.63, 3.8) is 0 Å². The number of hydrogen-bond acceptors (Lipinski definition) is 3. The molecule has 4 heteroatoms. The van der Waals surface area contributed by atoms with Crippen molar-refractivity contribution in [3.8, 4) is 0 Å². The summed E-state index contributed by atoms with van der Waals surface area (Å²) in [6, 6.07) is 6.93. The first-order valence-corrected chi connectivity index (χ1v) is 7.42. The van der Waals surface area contributed by atoms with Crippen LogP contribution < -0.4 is 5.32 Å². The van der Waals surface area contributed by atoms with E-state index >= 15 is 0 Å². The zero-order chi connectivity index (χ0) is 13.0. The van der Waals surface area contributed by atoms with Crippen molar-refractivity contribution in [2.75, 3.05) is 0 Å². The Kier molecular flexibility index (Phi) is 4.55. The highest BCUT2D eigenvalue weighted by molar-refractivity contribution is 7.10. The van der Waals surface area contributed by atoms with Gasteiger partial charge in [0.1, 0.15) is 0 Å². The first kappa shape index (κ1) is 13.3. The summed E-state index contributed by atoms with van der Waals surface area (Å²) in [6.07, 6.45) is 1.11. The van der Waals surface area contributed by atoms with Crippen LogP contribution in [0.3, 0.4) is 0 Å². The molecule has 2 rings (SSSR count). The van der Waals surface area contributed by atoms with Crippen LogP contribution in [0.15, 0.2) is 23.6 Å². The number of aromatic nitrogens is 2. The monoisotopic (exact) mass is 263 g/mol. The molecule has 2 aromatic heterocycles. The molecule has 0 aromatic carbocycles. The minimum Gasteiger partial charge on any atom is -0.304 e. The molecule has 0 fully saturated rings. The topological polar surface area (TPSA) is 29.9 Å². The Bertz CT molecular complexity index is 473. The Balaban J connectivity index is 2.01. The molecule has 98 valence electrons. The van der Waals surface area contributed by atoms with Crippen molar-refractivity contribution in [2.24, 2.45) is 0 Å². The van der Waals surface area contributed by atoms with E-state index in [0.29, 0.717) is 6.04 Å². The van der Waals surface area contributed by atoms with Crippen molar-refractivity contribution in [2.45, 2.75) is 46.3 Å². The van der Waals surface area contributed by atoms with Gasteiger partial charge in [-0.05, 0) is 37.8 Å². The van der Waals surface area contributed by atoms with Gasteiger partial charge in [0, 0.05) is 24.0 Å². The van der Waals surface area contributed by atoms with Crippen LogP contribution >= 0.6 is 11.3 Å². The molecule has 0 aliphatic heterocycles. The van der Waals surface area contributed by atoms with Gasteiger partial charge in [-0.15, -0.1) is 11.3 Å². The van der Waals surface area contributed by atoms with Crippen molar-refractivity contribution >= 4 is 11.3 Å². The molecule has 1 unspecified atom stereocenters. The van der Waals surface area contributed by atoms with Crippen molar-refractivity contribution in [1.29, 1.82) is 0 Å². The summed E-state index contributed by atoms with van der Waals surface area (Å²) < 4.78 is 2.07. The summed E-state index contributed by atoms with van der Waals surface area (Å²) in [5.41, 5.74) is 2.36. The standard InChI is InChI=1S/C14H21N3S/c1-4-13(14-7-6-8-18-14)15-10-12-9-11(3)16-17(12)5-2/h6-9,13,15H,4-5,10H2,1-3H3. The molecule has 0 aliphatic rings. The quantitative estimate of drug-likeness (QED) is 0.864. The number of hydrogen-bond donors (Lipinski definition) is 1. The van der Waals surface area contributed by atoms with E-state index in [4.69, 9.17) is 0 Å². The van der Waals surface area contributed by atoms with Gasteiger partial charge in [-0.3, -0.25) is 4.68 Å². The second-order valence-corrected chi connectivity index (χ2v) is 5.43. The maximum absolute atomic E-state index is 4.47. The smallest absolute Gasteiger partial charge is 0.0597 e. The van der Waals surface area contributed by atoms with E-state index in [2.05, 4.69) is 52.5 Å². The predicted molar refractivity (Wildman–Crippen MR) is 76.8 cm³/mol. The molecule has 0 radical (unpaired) electrons.